The van der Waals surface area contributed by atoms with Crippen molar-refractivity contribution in [2.75, 3.05) is 0 Å². The third-order valence-electron chi connectivity index (χ3n) is 5.21. The van der Waals surface area contributed by atoms with Gasteiger partial charge in [-0.1, -0.05) is 31.9 Å². The second-order valence-corrected chi connectivity index (χ2v) is 8.83. The van der Waals surface area contributed by atoms with Crippen LogP contribution in [0.5, 0.6) is 0 Å². The van der Waals surface area contributed by atoms with Crippen LogP contribution >= 0.6 is 31.9 Å². The van der Waals surface area contributed by atoms with Crippen LogP contribution < -0.4 is 5.56 Å². The second-order valence-electron chi connectivity index (χ2n) is 7.12. The predicted molar refractivity (Wildman–Crippen MR) is 126 cm³/mol. The minimum absolute atomic E-state index is 0.0778. The van der Waals surface area contributed by atoms with E-state index in [1.165, 1.54) is 10.9 Å². The van der Waals surface area contributed by atoms with Gasteiger partial charge in [0.15, 0.2) is 0 Å². The van der Waals surface area contributed by atoms with Crippen LogP contribution in [0.2, 0.25) is 0 Å². The van der Waals surface area contributed by atoms with Crippen LogP contribution in [0.15, 0.2) is 36.9 Å². The van der Waals surface area contributed by atoms with Crippen molar-refractivity contribution in [1.29, 1.82) is 0 Å². The molecule has 1 heterocycles. The monoisotopic (exact) mass is 534 g/mol. The van der Waals surface area contributed by atoms with Gasteiger partial charge in [0.25, 0.3) is 11.2 Å². The lowest BCUT2D eigenvalue weighted by molar-refractivity contribution is -0.384. The van der Waals surface area contributed by atoms with Crippen molar-refractivity contribution in [3.8, 4) is 5.69 Å². The number of aliphatic imine (C=N–C) groups is 1. The molecule has 0 saturated carbocycles. The molecule has 7 nitrogen and oxygen atoms in total. The topological polar surface area (TPSA) is 93.3 Å². The Kier molecular flexibility index (Phi) is 6.14. The first kappa shape index (κ1) is 22.2. The van der Waals surface area contributed by atoms with Gasteiger partial charge in [-0.25, -0.2) is 9.67 Å². The van der Waals surface area contributed by atoms with E-state index in [1.807, 2.05) is 26.0 Å². The third-order valence-corrected chi connectivity index (χ3v) is 6.89. The van der Waals surface area contributed by atoms with Crippen LogP contribution in [0.4, 0.5) is 11.4 Å². The maximum Gasteiger partial charge on any atom is 0.299 e. The summed E-state index contributed by atoms with van der Waals surface area (Å²) >= 11 is 6.85. The normalized spacial score (nSPS) is 11.4. The number of nitrogens with one attached hydrogen (secondary N) is 1. The number of nitro groups is 1. The van der Waals surface area contributed by atoms with E-state index >= 15 is 0 Å². The van der Waals surface area contributed by atoms with Crippen molar-refractivity contribution in [2.45, 2.75) is 34.6 Å². The highest BCUT2D eigenvalue weighted by Crippen LogP contribution is 2.38. The summed E-state index contributed by atoms with van der Waals surface area (Å²) in [5.74, 6) is 0. The smallest absolute Gasteiger partial charge is 0.295 e. The van der Waals surface area contributed by atoms with Crippen LogP contribution in [0.3, 0.4) is 0 Å². The highest BCUT2D eigenvalue weighted by molar-refractivity contribution is 9.10. The lowest BCUT2D eigenvalue weighted by atomic mass is 10.1. The summed E-state index contributed by atoms with van der Waals surface area (Å²) in [6.07, 6.45) is 1.40. The average Bonchev–Trinajstić information content (AvgIpc) is 2.95. The van der Waals surface area contributed by atoms with E-state index in [2.05, 4.69) is 42.0 Å². The van der Waals surface area contributed by atoms with Crippen LogP contribution in [0.25, 0.3) is 5.69 Å². The predicted octanol–water partition coefficient (Wildman–Crippen LogP) is 5.89. The highest BCUT2D eigenvalue weighted by Gasteiger charge is 2.22. The number of benzene rings is 2. The lowest BCUT2D eigenvalue weighted by Gasteiger charge is -2.10. The molecule has 9 heteroatoms. The number of nitrogens with zero attached hydrogens (tertiary/aromatic N) is 3. The Morgan fingerprint density at radius 1 is 1.07 bits per heavy atom. The Hall–Kier alpha value is -2.52. The standard InChI is InChI=1S/C21H20Br2N4O3/c1-10-8-17(23)13(4)20(27(29)30)19(10)24-9-15-14(5)25-26(21(15)28)18-7-6-16(22)11(2)12(18)3/h6-9,25H,1-5H3. The third kappa shape index (κ3) is 3.79. The number of nitro benzene ring substituents is 1. The summed E-state index contributed by atoms with van der Waals surface area (Å²) in [7, 11) is 0. The van der Waals surface area contributed by atoms with E-state index in [0.29, 0.717) is 26.9 Å². The summed E-state index contributed by atoms with van der Waals surface area (Å²) in [6, 6.07) is 5.54. The zero-order valence-electron chi connectivity index (χ0n) is 17.1. The van der Waals surface area contributed by atoms with Crippen molar-refractivity contribution in [2.24, 2.45) is 4.99 Å². The maximum absolute atomic E-state index is 13.1. The number of aromatic nitrogens is 2. The Labute approximate surface area is 190 Å². The number of hydrogen-bond donors (Lipinski definition) is 1. The van der Waals surface area contributed by atoms with Crippen molar-refractivity contribution in [3.05, 3.63) is 81.1 Å². The van der Waals surface area contributed by atoms with E-state index in [1.54, 1.807) is 26.8 Å². The molecule has 2 aromatic carbocycles. The Bertz CT molecular complexity index is 1270. The van der Waals surface area contributed by atoms with Crippen LogP contribution in [-0.4, -0.2) is 20.9 Å². The zero-order valence-corrected chi connectivity index (χ0v) is 20.3. The summed E-state index contributed by atoms with van der Waals surface area (Å²) < 4.78 is 3.08. The van der Waals surface area contributed by atoms with Crippen molar-refractivity contribution in [3.63, 3.8) is 0 Å². The average molecular weight is 536 g/mol. The van der Waals surface area contributed by atoms with Crippen molar-refractivity contribution >= 4 is 49.4 Å². The van der Waals surface area contributed by atoms with Crippen LogP contribution in [0, 0.1) is 44.7 Å². The number of hydrogen-bond acceptors (Lipinski definition) is 4. The minimum Gasteiger partial charge on any atom is -0.295 e. The molecule has 1 aromatic heterocycles. The molecule has 156 valence electrons. The van der Waals surface area contributed by atoms with E-state index in [9.17, 15) is 14.9 Å². The molecule has 3 rings (SSSR count). The number of aryl methyl sites for hydroxylation is 2. The molecule has 0 aliphatic carbocycles. The SMILES string of the molecule is Cc1cc(Br)c(C)c([N+](=O)[O-])c1N=Cc1c(C)[nH]n(-c2ccc(Br)c(C)c2C)c1=O. The van der Waals surface area contributed by atoms with Gasteiger partial charge in [-0.15, -0.1) is 0 Å². The molecule has 0 saturated heterocycles. The van der Waals surface area contributed by atoms with Crippen LogP contribution in [-0.2, 0) is 0 Å². The van der Waals surface area contributed by atoms with Gasteiger partial charge in [0.2, 0.25) is 0 Å². The van der Waals surface area contributed by atoms with Gasteiger partial charge < -0.3 is 0 Å². The molecule has 0 radical (unpaired) electrons. The van der Waals surface area contributed by atoms with E-state index in [-0.39, 0.29) is 16.9 Å². The molecule has 0 amide bonds. The van der Waals surface area contributed by atoms with Crippen LogP contribution in [0.1, 0.15) is 33.5 Å². The summed E-state index contributed by atoms with van der Waals surface area (Å²) in [5.41, 5.74) is 4.74. The summed E-state index contributed by atoms with van der Waals surface area (Å²) in [4.78, 5) is 28.6. The van der Waals surface area contributed by atoms with E-state index < -0.39 is 4.92 Å². The van der Waals surface area contributed by atoms with Crippen molar-refractivity contribution in [1.82, 2.24) is 9.78 Å². The zero-order chi connectivity index (χ0) is 22.3. The van der Waals surface area contributed by atoms with Gasteiger partial charge in [-0.2, -0.15) is 0 Å². The summed E-state index contributed by atoms with van der Waals surface area (Å²) in [6.45, 7) is 9.11. The van der Waals surface area contributed by atoms with Gasteiger partial charge in [0, 0.05) is 26.4 Å². The first-order chi connectivity index (χ1) is 14.0. The quantitative estimate of drug-likeness (QED) is 0.256. The molecule has 0 unspecified atom stereocenters. The molecule has 0 atom stereocenters. The molecule has 1 N–H and O–H groups in total. The molecule has 0 bridgehead atoms. The van der Waals surface area contributed by atoms with E-state index in [0.717, 1.165) is 21.3 Å². The fraction of sp³-hybridized carbons (Fsp3) is 0.238. The highest BCUT2D eigenvalue weighted by atomic mass is 79.9. The van der Waals surface area contributed by atoms with Gasteiger partial charge in [-0.3, -0.25) is 20.0 Å². The fourth-order valence-corrected chi connectivity index (χ4v) is 4.22. The maximum atomic E-state index is 13.1. The van der Waals surface area contributed by atoms with Crippen molar-refractivity contribution < 1.29 is 4.92 Å². The number of aromatic amines is 1. The number of H-pyrrole nitrogens is 1. The molecule has 0 spiro atoms. The molecule has 0 aliphatic rings. The Morgan fingerprint density at radius 2 is 1.73 bits per heavy atom. The molecular formula is C21H20Br2N4O3. The molecule has 30 heavy (non-hydrogen) atoms. The van der Waals surface area contributed by atoms with Gasteiger partial charge in [0.1, 0.15) is 5.69 Å². The summed E-state index contributed by atoms with van der Waals surface area (Å²) in [5, 5.41) is 14.7. The number of rotatable bonds is 4. The molecule has 0 fully saturated rings. The lowest BCUT2D eigenvalue weighted by Crippen LogP contribution is -2.18. The van der Waals surface area contributed by atoms with Gasteiger partial charge in [-0.05, 0) is 69.5 Å². The minimum atomic E-state index is -0.448. The van der Waals surface area contributed by atoms with E-state index in [4.69, 9.17) is 0 Å². The van der Waals surface area contributed by atoms with Gasteiger partial charge >= 0.3 is 0 Å². The Balaban J connectivity index is 2.15. The molecule has 0 aliphatic heterocycles. The first-order valence-electron chi connectivity index (χ1n) is 9.10. The molecular weight excluding hydrogens is 516 g/mol. The number of halogens is 2. The molecule has 3 aromatic rings. The largest absolute Gasteiger partial charge is 0.299 e. The first-order valence-corrected chi connectivity index (χ1v) is 10.7. The second kappa shape index (κ2) is 8.31. The van der Waals surface area contributed by atoms with Gasteiger partial charge in [0.05, 0.1) is 16.2 Å². The fourth-order valence-electron chi connectivity index (χ4n) is 3.26. The Morgan fingerprint density at radius 3 is 2.37 bits per heavy atom.